The first-order chi connectivity index (χ1) is 12.2. The van der Waals surface area contributed by atoms with Crippen LogP contribution < -0.4 is 10.1 Å². The van der Waals surface area contributed by atoms with E-state index in [-0.39, 0.29) is 29.6 Å². The molecule has 4 heteroatoms. The van der Waals surface area contributed by atoms with Gasteiger partial charge < -0.3 is 14.8 Å². The molecule has 1 N–H and O–H groups in total. The van der Waals surface area contributed by atoms with Crippen molar-refractivity contribution in [1.82, 2.24) is 5.32 Å². The van der Waals surface area contributed by atoms with Crippen LogP contribution >= 0.6 is 0 Å². The van der Waals surface area contributed by atoms with Crippen LogP contribution in [0, 0.1) is 5.92 Å². The molecule has 1 aromatic carbocycles. The van der Waals surface area contributed by atoms with E-state index in [9.17, 15) is 4.79 Å². The third-order valence-electron chi connectivity index (χ3n) is 6.36. The zero-order valence-electron chi connectivity index (χ0n) is 15.1. The fourth-order valence-corrected chi connectivity index (χ4v) is 4.96. The Hall–Kier alpha value is -1.55. The van der Waals surface area contributed by atoms with E-state index < -0.39 is 0 Å². The maximum Gasteiger partial charge on any atom is 0.223 e. The van der Waals surface area contributed by atoms with Gasteiger partial charge in [-0.15, -0.1) is 0 Å². The van der Waals surface area contributed by atoms with Gasteiger partial charge in [-0.05, 0) is 51.0 Å². The predicted molar refractivity (Wildman–Crippen MR) is 96.5 cm³/mol. The second-order valence-corrected chi connectivity index (χ2v) is 8.02. The van der Waals surface area contributed by atoms with Crippen molar-refractivity contribution >= 4 is 5.91 Å². The molecule has 136 valence electrons. The highest BCUT2D eigenvalue weighted by Crippen LogP contribution is 2.47. The molecule has 0 radical (unpaired) electrons. The van der Waals surface area contributed by atoms with Crippen molar-refractivity contribution < 1.29 is 14.3 Å². The number of hydrogen-bond donors (Lipinski definition) is 1. The van der Waals surface area contributed by atoms with Crippen molar-refractivity contribution in [3.63, 3.8) is 0 Å². The molecule has 1 aromatic rings. The normalized spacial score (nSPS) is 30.5. The topological polar surface area (TPSA) is 47.6 Å². The summed E-state index contributed by atoms with van der Waals surface area (Å²) in [6, 6.07) is 8.28. The minimum absolute atomic E-state index is 0.0680. The number of ether oxygens (including phenoxy) is 2. The van der Waals surface area contributed by atoms with E-state index in [1.807, 2.05) is 12.1 Å². The third-order valence-corrected chi connectivity index (χ3v) is 6.36. The molecule has 4 nitrogen and oxygen atoms in total. The molecule has 0 unspecified atom stereocenters. The standard InChI is InChI=1S/C21H29NO3/c1-24-16-8-6-7-15(13-16)20(23)22-18-14-21(11-4-5-12-21)25-19-10-3-2-9-17(18)19/h2-3,9-10,15-16,18H,4-8,11-14H2,1H3,(H,22,23)/t15-,16-,18+/m1/s1. The van der Waals surface area contributed by atoms with Gasteiger partial charge in [0.1, 0.15) is 11.4 Å². The molecule has 2 saturated carbocycles. The van der Waals surface area contributed by atoms with Crippen molar-refractivity contribution in [2.45, 2.75) is 75.5 Å². The lowest BCUT2D eigenvalue weighted by Crippen LogP contribution is -2.45. The van der Waals surface area contributed by atoms with Crippen LogP contribution in [0.25, 0.3) is 0 Å². The van der Waals surface area contributed by atoms with Crippen molar-refractivity contribution in [3.05, 3.63) is 29.8 Å². The third kappa shape index (κ3) is 3.41. The molecule has 3 atom stereocenters. The number of methoxy groups -OCH3 is 1. The zero-order valence-corrected chi connectivity index (χ0v) is 15.1. The molecule has 0 bridgehead atoms. The van der Waals surface area contributed by atoms with Crippen molar-refractivity contribution in [1.29, 1.82) is 0 Å². The van der Waals surface area contributed by atoms with E-state index in [1.54, 1.807) is 7.11 Å². The van der Waals surface area contributed by atoms with Crippen LogP contribution in [0.3, 0.4) is 0 Å². The number of para-hydroxylation sites is 1. The van der Waals surface area contributed by atoms with Crippen molar-refractivity contribution in [3.8, 4) is 5.75 Å². The molecular weight excluding hydrogens is 314 g/mol. The van der Waals surface area contributed by atoms with Gasteiger partial charge in [0.15, 0.2) is 0 Å². The number of nitrogens with one attached hydrogen (secondary N) is 1. The maximum atomic E-state index is 12.9. The van der Waals surface area contributed by atoms with E-state index >= 15 is 0 Å². The van der Waals surface area contributed by atoms with E-state index in [4.69, 9.17) is 9.47 Å². The van der Waals surface area contributed by atoms with Crippen LogP contribution in [0.4, 0.5) is 0 Å². The first-order valence-corrected chi connectivity index (χ1v) is 9.80. The smallest absolute Gasteiger partial charge is 0.223 e. The van der Waals surface area contributed by atoms with Gasteiger partial charge in [0.2, 0.25) is 5.91 Å². The number of carbonyl (C=O) groups is 1. The van der Waals surface area contributed by atoms with Crippen LogP contribution in [0.5, 0.6) is 5.75 Å². The van der Waals surface area contributed by atoms with Gasteiger partial charge in [0, 0.05) is 25.0 Å². The van der Waals surface area contributed by atoms with Crippen molar-refractivity contribution in [2.75, 3.05) is 7.11 Å². The van der Waals surface area contributed by atoms with Gasteiger partial charge in [-0.3, -0.25) is 4.79 Å². The van der Waals surface area contributed by atoms with Gasteiger partial charge in [0.05, 0.1) is 12.1 Å². The maximum absolute atomic E-state index is 12.9. The zero-order chi connectivity index (χ0) is 17.3. The Morgan fingerprint density at radius 1 is 1.20 bits per heavy atom. The Labute approximate surface area is 150 Å². The molecule has 1 aliphatic heterocycles. The van der Waals surface area contributed by atoms with Crippen LogP contribution in [0.2, 0.25) is 0 Å². The number of carbonyl (C=O) groups excluding carboxylic acids is 1. The summed E-state index contributed by atoms with van der Waals surface area (Å²) in [5.74, 6) is 1.23. The number of benzene rings is 1. The van der Waals surface area contributed by atoms with Gasteiger partial charge in [0.25, 0.3) is 0 Å². The summed E-state index contributed by atoms with van der Waals surface area (Å²) in [6.07, 6.45) is 9.74. The van der Waals surface area contributed by atoms with E-state index in [0.717, 1.165) is 56.3 Å². The molecule has 4 rings (SSSR count). The monoisotopic (exact) mass is 343 g/mol. The lowest BCUT2D eigenvalue weighted by molar-refractivity contribution is -0.129. The Kier molecular flexibility index (Phi) is 4.72. The molecule has 0 aromatic heterocycles. The minimum Gasteiger partial charge on any atom is -0.487 e. The molecule has 2 aliphatic carbocycles. The number of fused-ring (bicyclic) bond motifs is 1. The van der Waals surface area contributed by atoms with Gasteiger partial charge in [-0.1, -0.05) is 24.6 Å². The first-order valence-electron chi connectivity index (χ1n) is 9.80. The summed E-state index contributed by atoms with van der Waals surface area (Å²) in [5.41, 5.74) is 1.06. The summed E-state index contributed by atoms with van der Waals surface area (Å²) in [7, 11) is 1.75. The average Bonchev–Trinajstić information content (AvgIpc) is 3.09. The largest absolute Gasteiger partial charge is 0.487 e. The van der Waals surface area contributed by atoms with Gasteiger partial charge in [-0.25, -0.2) is 0 Å². The van der Waals surface area contributed by atoms with Crippen molar-refractivity contribution in [2.24, 2.45) is 5.92 Å². The SMILES string of the molecule is CO[C@@H]1CCC[C@@H](C(=O)N[C@H]2CC3(CCCC3)Oc3ccccc32)C1. The molecule has 2 fully saturated rings. The van der Waals surface area contributed by atoms with E-state index in [0.29, 0.717) is 0 Å². The Morgan fingerprint density at radius 2 is 2.00 bits per heavy atom. The van der Waals surface area contributed by atoms with Gasteiger partial charge >= 0.3 is 0 Å². The lowest BCUT2D eigenvalue weighted by atomic mass is 9.84. The Balaban J connectivity index is 1.51. The van der Waals surface area contributed by atoms with E-state index in [1.165, 1.54) is 12.8 Å². The van der Waals surface area contributed by atoms with Crippen LogP contribution in [-0.4, -0.2) is 24.7 Å². The highest BCUT2D eigenvalue weighted by molar-refractivity contribution is 5.79. The second kappa shape index (κ2) is 6.99. The fourth-order valence-electron chi connectivity index (χ4n) is 4.96. The molecule has 1 heterocycles. The fraction of sp³-hybridized carbons (Fsp3) is 0.667. The number of amides is 1. The summed E-state index contributed by atoms with van der Waals surface area (Å²) in [5, 5.41) is 3.37. The quantitative estimate of drug-likeness (QED) is 0.897. The highest BCUT2D eigenvalue weighted by Gasteiger charge is 2.43. The summed E-state index contributed by atoms with van der Waals surface area (Å²) in [6.45, 7) is 0. The summed E-state index contributed by atoms with van der Waals surface area (Å²) < 4.78 is 11.9. The Bertz CT molecular complexity index is 623. The average molecular weight is 343 g/mol. The minimum atomic E-state index is -0.0755. The Morgan fingerprint density at radius 3 is 2.80 bits per heavy atom. The lowest BCUT2D eigenvalue weighted by Gasteiger charge is -2.41. The van der Waals surface area contributed by atoms with Crippen LogP contribution in [-0.2, 0) is 9.53 Å². The van der Waals surface area contributed by atoms with E-state index in [2.05, 4.69) is 17.4 Å². The molecule has 0 saturated heterocycles. The number of rotatable bonds is 3. The second-order valence-electron chi connectivity index (χ2n) is 8.02. The molecule has 1 spiro atoms. The van der Waals surface area contributed by atoms with Crippen LogP contribution in [0.15, 0.2) is 24.3 Å². The molecule has 1 amide bonds. The highest BCUT2D eigenvalue weighted by atomic mass is 16.5. The van der Waals surface area contributed by atoms with Gasteiger partial charge in [-0.2, -0.15) is 0 Å². The number of hydrogen-bond acceptors (Lipinski definition) is 3. The molecule has 3 aliphatic rings. The summed E-state index contributed by atoms with van der Waals surface area (Å²) in [4.78, 5) is 12.9. The first kappa shape index (κ1) is 16.9. The summed E-state index contributed by atoms with van der Waals surface area (Å²) >= 11 is 0. The van der Waals surface area contributed by atoms with Crippen LogP contribution in [0.1, 0.15) is 69.4 Å². The predicted octanol–water partition coefficient (Wildman–Crippen LogP) is 4.14. The molecule has 25 heavy (non-hydrogen) atoms. The molecular formula is C21H29NO3.